The number of hydrogen-bond acceptors (Lipinski definition) is 3. The molecule has 94 valence electrons. The van der Waals surface area contributed by atoms with E-state index in [-0.39, 0.29) is 6.61 Å². The topological polar surface area (TPSA) is 42.4 Å². The molecule has 0 saturated carbocycles. The molecule has 3 heteroatoms. The number of nitrogens with zero attached hydrogens (tertiary/aromatic N) is 1. The van der Waals surface area contributed by atoms with Crippen molar-refractivity contribution in [2.45, 2.75) is 6.61 Å². The Morgan fingerprint density at radius 3 is 2.74 bits per heavy atom. The highest BCUT2D eigenvalue weighted by atomic mass is 16.5. The molecule has 0 fully saturated rings. The molecule has 1 aromatic heterocycles. The molecule has 19 heavy (non-hydrogen) atoms. The Hall–Kier alpha value is -2.39. The molecule has 0 radical (unpaired) electrons. The standard InChI is InChI=1S/C16H13NO2/c18-11-13-10-14(8-9-17-13)19-16-7-3-5-12-4-1-2-6-15(12)16/h1-10,18H,11H2. The third-order valence-electron chi connectivity index (χ3n) is 2.93. The quantitative estimate of drug-likeness (QED) is 0.774. The van der Waals surface area contributed by atoms with E-state index in [4.69, 9.17) is 9.84 Å². The third-order valence-corrected chi connectivity index (χ3v) is 2.93. The summed E-state index contributed by atoms with van der Waals surface area (Å²) in [5.74, 6) is 1.48. The van der Waals surface area contributed by atoms with Gasteiger partial charge in [0.1, 0.15) is 11.5 Å². The van der Waals surface area contributed by atoms with Gasteiger partial charge < -0.3 is 9.84 Å². The van der Waals surface area contributed by atoms with Gasteiger partial charge >= 0.3 is 0 Å². The lowest BCUT2D eigenvalue weighted by Crippen LogP contribution is -1.91. The molecular formula is C16H13NO2. The van der Waals surface area contributed by atoms with E-state index in [1.807, 2.05) is 42.5 Å². The van der Waals surface area contributed by atoms with Gasteiger partial charge in [0.25, 0.3) is 0 Å². The molecule has 0 aliphatic rings. The summed E-state index contributed by atoms with van der Waals surface area (Å²) in [4.78, 5) is 4.03. The van der Waals surface area contributed by atoms with Crippen LogP contribution in [0.25, 0.3) is 10.8 Å². The van der Waals surface area contributed by atoms with Crippen molar-refractivity contribution in [2.75, 3.05) is 0 Å². The van der Waals surface area contributed by atoms with Crippen molar-refractivity contribution in [1.82, 2.24) is 4.98 Å². The van der Waals surface area contributed by atoms with Crippen LogP contribution in [0, 0.1) is 0 Å². The fourth-order valence-electron chi connectivity index (χ4n) is 2.02. The van der Waals surface area contributed by atoms with Crippen molar-refractivity contribution < 1.29 is 9.84 Å². The number of aliphatic hydroxyl groups excluding tert-OH is 1. The highest BCUT2D eigenvalue weighted by Gasteiger charge is 2.03. The minimum atomic E-state index is -0.0905. The molecule has 0 amide bonds. The summed E-state index contributed by atoms with van der Waals surface area (Å²) < 4.78 is 5.88. The van der Waals surface area contributed by atoms with Crippen LogP contribution in [0.4, 0.5) is 0 Å². The van der Waals surface area contributed by atoms with Crippen LogP contribution >= 0.6 is 0 Å². The maximum absolute atomic E-state index is 9.08. The van der Waals surface area contributed by atoms with Crippen LogP contribution in [-0.2, 0) is 6.61 Å². The second kappa shape index (κ2) is 5.08. The molecule has 3 rings (SSSR count). The third kappa shape index (κ3) is 2.41. The van der Waals surface area contributed by atoms with Gasteiger partial charge in [0, 0.05) is 17.6 Å². The van der Waals surface area contributed by atoms with Gasteiger partial charge in [-0.1, -0.05) is 36.4 Å². The van der Waals surface area contributed by atoms with Gasteiger partial charge in [-0.2, -0.15) is 0 Å². The first-order chi connectivity index (χ1) is 9.36. The first-order valence-electron chi connectivity index (χ1n) is 6.08. The van der Waals surface area contributed by atoms with Gasteiger partial charge in [-0.05, 0) is 17.5 Å². The summed E-state index contributed by atoms with van der Waals surface area (Å²) in [6, 6.07) is 17.5. The summed E-state index contributed by atoms with van der Waals surface area (Å²) >= 11 is 0. The number of rotatable bonds is 3. The summed E-state index contributed by atoms with van der Waals surface area (Å²) in [5, 5.41) is 11.3. The first-order valence-corrected chi connectivity index (χ1v) is 6.08. The van der Waals surface area contributed by atoms with Gasteiger partial charge in [0.2, 0.25) is 0 Å². The fraction of sp³-hybridized carbons (Fsp3) is 0.0625. The molecule has 3 aromatic rings. The first kappa shape index (κ1) is 11.7. The van der Waals surface area contributed by atoms with E-state index < -0.39 is 0 Å². The zero-order valence-corrected chi connectivity index (χ0v) is 10.3. The number of hydrogen-bond donors (Lipinski definition) is 1. The second-order valence-corrected chi connectivity index (χ2v) is 4.22. The molecule has 0 spiro atoms. The Morgan fingerprint density at radius 2 is 1.84 bits per heavy atom. The molecule has 3 nitrogen and oxygen atoms in total. The highest BCUT2D eigenvalue weighted by Crippen LogP contribution is 2.29. The Balaban J connectivity index is 2.01. The lowest BCUT2D eigenvalue weighted by molar-refractivity contribution is 0.276. The number of fused-ring (bicyclic) bond motifs is 1. The van der Waals surface area contributed by atoms with Crippen LogP contribution in [0.3, 0.4) is 0 Å². The van der Waals surface area contributed by atoms with Crippen molar-refractivity contribution in [1.29, 1.82) is 0 Å². The molecule has 0 bridgehead atoms. The zero-order valence-electron chi connectivity index (χ0n) is 10.3. The molecule has 1 N–H and O–H groups in total. The van der Waals surface area contributed by atoms with Crippen molar-refractivity contribution in [3.8, 4) is 11.5 Å². The van der Waals surface area contributed by atoms with E-state index in [2.05, 4.69) is 4.98 Å². The Labute approximate surface area is 111 Å². The molecule has 1 heterocycles. The molecular weight excluding hydrogens is 238 g/mol. The van der Waals surface area contributed by atoms with Crippen LogP contribution in [-0.4, -0.2) is 10.1 Å². The predicted octanol–water partition coefficient (Wildman–Crippen LogP) is 3.52. The zero-order chi connectivity index (χ0) is 13.1. The van der Waals surface area contributed by atoms with E-state index in [1.165, 1.54) is 0 Å². The number of aromatic nitrogens is 1. The van der Waals surface area contributed by atoms with Crippen molar-refractivity contribution in [3.63, 3.8) is 0 Å². The van der Waals surface area contributed by atoms with Gasteiger partial charge in [-0.15, -0.1) is 0 Å². The molecule has 0 aliphatic heterocycles. The highest BCUT2D eigenvalue weighted by molar-refractivity contribution is 5.88. The molecule has 0 aliphatic carbocycles. The Morgan fingerprint density at radius 1 is 1.00 bits per heavy atom. The molecule has 2 aromatic carbocycles. The normalized spacial score (nSPS) is 10.6. The van der Waals surface area contributed by atoms with Gasteiger partial charge in [-0.25, -0.2) is 0 Å². The maximum atomic E-state index is 9.08. The SMILES string of the molecule is OCc1cc(Oc2cccc3ccccc23)ccn1. The number of benzene rings is 2. The van der Waals surface area contributed by atoms with Gasteiger partial charge in [-0.3, -0.25) is 4.98 Å². The summed E-state index contributed by atoms with van der Waals surface area (Å²) in [7, 11) is 0. The number of pyridine rings is 1. The van der Waals surface area contributed by atoms with Crippen molar-refractivity contribution in [2.24, 2.45) is 0 Å². The molecule has 0 unspecified atom stereocenters. The van der Waals surface area contributed by atoms with E-state index in [0.29, 0.717) is 11.4 Å². The Bertz CT molecular complexity index is 704. The summed E-state index contributed by atoms with van der Waals surface area (Å²) in [5.41, 5.74) is 0.595. The minimum absolute atomic E-state index is 0.0905. The van der Waals surface area contributed by atoms with Crippen LogP contribution in [0.5, 0.6) is 11.5 Å². The average molecular weight is 251 g/mol. The van der Waals surface area contributed by atoms with E-state index >= 15 is 0 Å². The van der Waals surface area contributed by atoms with Crippen molar-refractivity contribution in [3.05, 3.63) is 66.5 Å². The fourth-order valence-corrected chi connectivity index (χ4v) is 2.02. The molecule has 0 atom stereocenters. The summed E-state index contributed by atoms with van der Waals surface area (Å²) in [6.45, 7) is -0.0905. The minimum Gasteiger partial charge on any atom is -0.457 e. The lowest BCUT2D eigenvalue weighted by Gasteiger charge is -2.09. The smallest absolute Gasteiger partial charge is 0.135 e. The predicted molar refractivity (Wildman–Crippen MR) is 74.2 cm³/mol. The monoisotopic (exact) mass is 251 g/mol. The molecule has 0 saturated heterocycles. The Kier molecular flexibility index (Phi) is 3.12. The van der Waals surface area contributed by atoms with E-state index in [0.717, 1.165) is 16.5 Å². The van der Waals surface area contributed by atoms with E-state index in [1.54, 1.807) is 18.3 Å². The summed E-state index contributed by atoms with van der Waals surface area (Å²) in [6.07, 6.45) is 1.63. The van der Waals surface area contributed by atoms with Crippen LogP contribution in [0.1, 0.15) is 5.69 Å². The second-order valence-electron chi connectivity index (χ2n) is 4.22. The van der Waals surface area contributed by atoms with Gasteiger partial charge in [0.05, 0.1) is 12.3 Å². The van der Waals surface area contributed by atoms with Gasteiger partial charge in [0.15, 0.2) is 0 Å². The number of aliphatic hydroxyl groups is 1. The van der Waals surface area contributed by atoms with Crippen LogP contribution in [0.15, 0.2) is 60.8 Å². The van der Waals surface area contributed by atoms with Crippen LogP contribution < -0.4 is 4.74 Å². The van der Waals surface area contributed by atoms with E-state index in [9.17, 15) is 0 Å². The largest absolute Gasteiger partial charge is 0.457 e. The lowest BCUT2D eigenvalue weighted by atomic mass is 10.1. The maximum Gasteiger partial charge on any atom is 0.135 e. The van der Waals surface area contributed by atoms with Crippen molar-refractivity contribution >= 4 is 10.8 Å². The average Bonchev–Trinajstić information content (AvgIpc) is 2.48. The number of ether oxygens (including phenoxy) is 1. The van der Waals surface area contributed by atoms with Crippen LogP contribution in [0.2, 0.25) is 0 Å².